The molecule has 54 heavy (non-hydrogen) atoms. The summed E-state index contributed by atoms with van der Waals surface area (Å²) in [5.74, 6) is -0.164. The number of aromatic nitrogens is 4. The SMILES string of the molecule is CC(C)(O)O[C@H]1C2C(n3cnc4c(N)ncnc43)[C@@H]2O[C@@H]1CNC(=O)CCCCCNC(=O)CCCCCNC(=O)CCCC[C@@H]1SC[C@@H]2NC(=O)N[C@@H]21. The number of carbonyl (C=O) groups excluding carboxylic acids is 4. The van der Waals surface area contributed by atoms with Gasteiger partial charge in [-0.2, -0.15) is 11.8 Å². The van der Waals surface area contributed by atoms with E-state index in [1.807, 2.05) is 16.3 Å². The highest BCUT2D eigenvalue weighted by Crippen LogP contribution is 2.57. The lowest BCUT2D eigenvalue weighted by atomic mass is 10.0. The molecule has 1 aliphatic carbocycles. The summed E-state index contributed by atoms with van der Waals surface area (Å²) in [5, 5.41) is 25.7. The molecule has 0 aromatic carbocycles. The topological polar surface area (TPSA) is 237 Å². The number of fused-ring (bicyclic) bond motifs is 3. The standard InChI is InChI=1S/C36H56N10O7S/c1-36(2,51)53-31-22(52-32-27(31)30(32)46-20-43-29-33(37)41-19-42-34(29)46)17-40-26(49)13-6-4-10-15-38-24(47)12-5-3-9-16-39-25(48)14-8-7-11-23-28-21(18-54-23)44-35(50)45-28/h19-23,27-28,30-32,51H,3-18H2,1-2H3,(H,38,47)(H,39,48)(H,40,49)(H2,37,41,42)(H2,44,45,50)/t21-,22+,23-,27?,28-,30?,31+,32+/m0/s1. The van der Waals surface area contributed by atoms with E-state index in [1.54, 1.807) is 20.2 Å². The molecule has 0 spiro atoms. The maximum Gasteiger partial charge on any atom is 0.315 e. The van der Waals surface area contributed by atoms with E-state index >= 15 is 0 Å². The van der Waals surface area contributed by atoms with Crippen LogP contribution in [0.3, 0.4) is 0 Å². The zero-order valence-corrected chi connectivity index (χ0v) is 32.1. The second kappa shape index (κ2) is 18.3. The Labute approximate surface area is 319 Å². The number of nitrogens with zero attached hydrogens (tertiary/aromatic N) is 4. The molecule has 5 heterocycles. The molecular weight excluding hydrogens is 717 g/mol. The van der Waals surface area contributed by atoms with Crippen LogP contribution in [0.25, 0.3) is 11.2 Å². The Balaban J connectivity index is 0.753. The highest BCUT2D eigenvalue weighted by Gasteiger charge is 2.66. The van der Waals surface area contributed by atoms with Gasteiger partial charge in [0.25, 0.3) is 0 Å². The molecule has 5 amide bonds. The number of rotatable bonds is 22. The van der Waals surface area contributed by atoms with Gasteiger partial charge in [0.15, 0.2) is 17.3 Å². The first kappa shape index (κ1) is 39.9. The van der Waals surface area contributed by atoms with Crippen LogP contribution >= 0.6 is 11.8 Å². The Morgan fingerprint density at radius 3 is 2.31 bits per heavy atom. The van der Waals surface area contributed by atoms with Gasteiger partial charge >= 0.3 is 6.03 Å². The number of hydrogen-bond acceptors (Lipinski definition) is 12. The maximum atomic E-state index is 12.6. The lowest BCUT2D eigenvalue weighted by Gasteiger charge is -2.30. The third kappa shape index (κ3) is 10.5. The van der Waals surface area contributed by atoms with Crippen molar-refractivity contribution in [2.75, 3.05) is 31.1 Å². The van der Waals surface area contributed by atoms with Crippen molar-refractivity contribution < 1.29 is 33.8 Å². The van der Waals surface area contributed by atoms with Gasteiger partial charge in [0.2, 0.25) is 17.7 Å². The third-order valence-corrected chi connectivity index (χ3v) is 12.1. The summed E-state index contributed by atoms with van der Waals surface area (Å²) in [6.07, 6.45) is 11.0. The molecule has 17 nitrogen and oxygen atoms in total. The van der Waals surface area contributed by atoms with Crippen molar-refractivity contribution in [3.63, 3.8) is 0 Å². The number of imidazole rings is 1. The predicted octanol–water partition coefficient (Wildman–Crippen LogP) is 1.66. The molecule has 18 heteroatoms. The number of ether oxygens (including phenoxy) is 2. The van der Waals surface area contributed by atoms with E-state index in [0.29, 0.717) is 61.0 Å². The summed E-state index contributed by atoms with van der Waals surface area (Å²) in [6.45, 7) is 4.61. The van der Waals surface area contributed by atoms with E-state index < -0.39 is 18.0 Å². The molecule has 4 fully saturated rings. The largest absolute Gasteiger partial charge is 0.382 e. The molecule has 4 aliphatic rings. The quantitative estimate of drug-likeness (QED) is 0.0514. The van der Waals surface area contributed by atoms with E-state index in [4.69, 9.17) is 15.2 Å². The van der Waals surface area contributed by atoms with Gasteiger partial charge in [0, 0.05) is 55.8 Å². The zero-order chi connectivity index (χ0) is 38.2. The fourth-order valence-electron chi connectivity index (χ4n) is 7.84. The molecule has 2 aromatic rings. The van der Waals surface area contributed by atoms with Gasteiger partial charge in [0.1, 0.15) is 17.9 Å². The van der Waals surface area contributed by atoms with Crippen molar-refractivity contribution in [1.29, 1.82) is 0 Å². The molecular formula is C36H56N10O7S. The zero-order valence-electron chi connectivity index (χ0n) is 31.3. The fourth-order valence-corrected chi connectivity index (χ4v) is 9.38. The van der Waals surface area contributed by atoms with Crippen molar-refractivity contribution in [3.8, 4) is 0 Å². The van der Waals surface area contributed by atoms with Crippen molar-refractivity contribution in [3.05, 3.63) is 12.7 Å². The highest BCUT2D eigenvalue weighted by molar-refractivity contribution is 8.00. The number of thioether (sulfide) groups is 1. The Morgan fingerprint density at radius 2 is 1.63 bits per heavy atom. The van der Waals surface area contributed by atoms with Crippen LogP contribution in [0.1, 0.15) is 96.9 Å². The van der Waals surface area contributed by atoms with Crippen molar-refractivity contribution in [2.45, 2.75) is 138 Å². The van der Waals surface area contributed by atoms with Gasteiger partial charge in [0.05, 0.1) is 36.7 Å². The summed E-state index contributed by atoms with van der Waals surface area (Å²) in [6, 6.07) is 0.296. The minimum absolute atomic E-state index is 0.0229. The van der Waals surface area contributed by atoms with Gasteiger partial charge in [-0.05, 0) is 52.4 Å². The van der Waals surface area contributed by atoms with E-state index in [-0.39, 0.29) is 60.4 Å². The number of unbranched alkanes of at least 4 members (excludes halogenated alkanes) is 5. The average Bonchev–Trinajstić information content (AvgIpc) is 3.52. The first-order chi connectivity index (χ1) is 26.0. The molecule has 8 atom stereocenters. The lowest BCUT2D eigenvalue weighted by Crippen LogP contribution is -2.44. The molecule has 2 aromatic heterocycles. The van der Waals surface area contributed by atoms with Gasteiger partial charge in [-0.3, -0.25) is 14.4 Å². The summed E-state index contributed by atoms with van der Waals surface area (Å²) in [7, 11) is 0. The molecule has 6 rings (SSSR count). The maximum absolute atomic E-state index is 12.6. The molecule has 0 radical (unpaired) electrons. The number of urea groups is 1. The van der Waals surface area contributed by atoms with Gasteiger partial charge in [-0.25, -0.2) is 19.7 Å². The smallest absolute Gasteiger partial charge is 0.315 e. The molecule has 2 unspecified atom stereocenters. The van der Waals surface area contributed by atoms with E-state index in [0.717, 1.165) is 57.1 Å². The van der Waals surface area contributed by atoms with Crippen LogP contribution in [0.15, 0.2) is 12.7 Å². The molecule has 3 saturated heterocycles. The van der Waals surface area contributed by atoms with Crippen molar-refractivity contribution in [2.24, 2.45) is 5.92 Å². The van der Waals surface area contributed by atoms with Crippen LogP contribution in [-0.2, 0) is 23.9 Å². The Hall–Kier alpha value is -3.74. The van der Waals surface area contributed by atoms with Crippen LogP contribution < -0.4 is 32.3 Å². The first-order valence-electron chi connectivity index (χ1n) is 19.5. The molecule has 298 valence electrons. The number of hydrogen-bond donors (Lipinski definition) is 7. The van der Waals surface area contributed by atoms with E-state index in [1.165, 1.54) is 6.33 Å². The minimum Gasteiger partial charge on any atom is -0.382 e. The third-order valence-electron chi connectivity index (χ3n) is 10.6. The summed E-state index contributed by atoms with van der Waals surface area (Å²) < 4.78 is 14.2. The highest BCUT2D eigenvalue weighted by atomic mass is 32.2. The number of nitrogen functional groups attached to an aromatic ring is 1. The van der Waals surface area contributed by atoms with Gasteiger partial charge < -0.3 is 51.5 Å². The molecule has 8 N–H and O–H groups in total. The van der Waals surface area contributed by atoms with Gasteiger partial charge in [-0.1, -0.05) is 19.3 Å². The molecule has 1 saturated carbocycles. The number of nitrogens with two attached hydrogens (primary N) is 1. The second-order valence-corrected chi connectivity index (χ2v) is 16.6. The summed E-state index contributed by atoms with van der Waals surface area (Å²) >= 11 is 1.90. The number of nitrogens with one attached hydrogen (secondary N) is 5. The second-order valence-electron chi connectivity index (χ2n) is 15.3. The minimum atomic E-state index is -1.38. The first-order valence-corrected chi connectivity index (χ1v) is 20.5. The predicted molar refractivity (Wildman–Crippen MR) is 202 cm³/mol. The Bertz CT molecular complexity index is 1620. The number of amides is 5. The number of carbonyl (C=O) groups is 4. The van der Waals surface area contributed by atoms with Crippen LogP contribution in [0.4, 0.5) is 10.6 Å². The average molecular weight is 773 g/mol. The van der Waals surface area contributed by atoms with Crippen LogP contribution in [-0.4, -0.2) is 115 Å². The van der Waals surface area contributed by atoms with E-state index in [9.17, 15) is 24.3 Å². The van der Waals surface area contributed by atoms with Crippen LogP contribution in [0.2, 0.25) is 0 Å². The number of aliphatic hydroxyl groups is 1. The van der Waals surface area contributed by atoms with E-state index in [2.05, 4.69) is 41.5 Å². The Kier molecular flexibility index (Phi) is 13.5. The fraction of sp³-hybridized carbons (Fsp3) is 0.750. The monoisotopic (exact) mass is 772 g/mol. The van der Waals surface area contributed by atoms with Crippen molar-refractivity contribution >= 4 is 52.5 Å². The van der Waals surface area contributed by atoms with Crippen LogP contribution in [0.5, 0.6) is 0 Å². The van der Waals surface area contributed by atoms with Gasteiger partial charge in [-0.15, -0.1) is 0 Å². The number of anilines is 1. The van der Waals surface area contributed by atoms with Crippen molar-refractivity contribution in [1.82, 2.24) is 46.1 Å². The van der Waals surface area contributed by atoms with Crippen LogP contribution in [0, 0.1) is 5.92 Å². The molecule has 3 aliphatic heterocycles. The summed E-state index contributed by atoms with van der Waals surface area (Å²) in [4.78, 5) is 61.2. The Morgan fingerprint density at radius 1 is 0.963 bits per heavy atom. The molecule has 0 bridgehead atoms. The normalized spacial score (nSPS) is 26.9. The summed E-state index contributed by atoms with van der Waals surface area (Å²) in [5.41, 5.74) is 7.09. The lowest BCUT2D eigenvalue weighted by molar-refractivity contribution is -0.223.